The molecule has 0 spiro atoms. The molecule has 0 saturated heterocycles. The summed E-state index contributed by atoms with van der Waals surface area (Å²) in [5, 5.41) is 3.11. The fourth-order valence-corrected chi connectivity index (χ4v) is 5.54. The summed E-state index contributed by atoms with van der Waals surface area (Å²) in [6.07, 6.45) is 1.81. The second-order valence-electron chi connectivity index (χ2n) is 10.4. The number of nitrogens with zero attached hydrogens (tertiary/aromatic N) is 2. The predicted molar refractivity (Wildman–Crippen MR) is 159 cm³/mol. The molecule has 1 unspecified atom stereocenters. The number of benzene rings is 2. The third-order valence-electron chi connectivity index (χ3n) is 7.28. The van der Waals surface area contributed by atoms with Crippen molar-refractivity contribution >= 4 is 44.3 Å². The van der Waals surface area contributed by atoms with Crippen LogP contribution in [0.1, 0.15) is 53.0 Å². The van der Waals surface area contributed by atoms with Gasteiger partial charge in [-0.1, -0.05) is 11.6 Å². The summed E-state index contributed by atoms with van der Waals surface area (Å²) in [7, 11) is 0. The van der Waals surface area contributed by atoms with Crippen LogP contribution in [-0.2, 0) is 0 Å². The number of halogens is 6. The Hall–Kier alpha value is -3.44. The third kappa shape index (κ3) is 6.72. The van der Waals surface area contributed by atoms with Gasteiger partial charge in [-0.05, 0) is 91.4 Å². The Morgan fingerprint density at radius 3 is 2.51 bits per heavy atom. The van der Waals surface area contributed by atoms with Gasteiger partial charge in [-0.3, -0.25) is 4.79 Å². The van der Waals surface area contributed by atoms with Crippen molar-refractivity contribution in [3.8, 4) is 22.8 Å². The van der Waals surface area contributed by atoms with E-state index >= 15 is 0 Å². The van der Waals surface area contributed by atoms with Gasteiger partial charge in [-0.15, -0.1) is 0 Å². The highest BCUT2D eigenvalue weighted by molar-refractivity contribution is 9.10. The highest BCUT2D eigenvalue weighted by atomic mass is 79.9. The molecule has 2 aromatic carbocycles. The van der Waals surface area contributed by atoms with Crippen molar-refractivity contribution < 1.29 is 31.8 Å². The lowest BCUT2D eigenvalue weighted by atomic mass is 9.95. The normalized spacial score (nSPS) is 13.8. The summed E-state index contributed by atoms with van der Waals surface area (Å²) >= 11 is 9.38. The van der Waals surface area contributed by atoms with E-state index in [1.54, 1.807) is 32.9 Å². The van der Waals surface area contributed by atoms with Gasteiger partial charge in [0.05, 0.1) is 17.3 Å². The number of alkyl halides is 2. The van der Waals surface area contributed by atoms with E-state index in [2.05, 4.69) is 26.2 Å². The van der Waals surface area contributed by atoms with E-state index in [0.717, 1.165) is 12.8 Å². The smallest absolute Gasteiger partial charge is 0.387 e. The summed E-state index contributed by atoms with van der Waals surface area (Å²) in [6, 6.07) is 8.22. The van der Waals surface area contributed by atoms with Crippen LogP contribution in [0, 0.1) is 31.4 Å². The molecule has 43 heavy (non-hydrogen) atoms. The minimum Gasteiger partial charge on any atom is -0.491 e. The molecule has 0 radical (unpaired) electrons. The first-order valence-corrected chi connectivity index (χ1v) is 14.8. The number of rotatable bonds is 10. The van der Waals surface area contributed by atoms with Crippen molar-refractivity contribution in [2.75, 3.05) is 13.2 Å². The zero-order chi connectivity index (χ0) is 31.0. The van der Waals surface area contributed by atoms with Gasteiger partial charge in [-0.2, -0.15) is 8.78 Å². The monoisotopic (exact) mass is 679 g/mol. The highest BCUT2D eigenvalue weighted by Gasteiger charge is 2.35. The number of carbonyl (C=O) groups excluding carboxylic acids is 1. The van der Waals surface area contributed by atoms with Gasteiger partial charge in [0, 0.05) is 45.2 Å². The summed E-state index contributed by atoms with van der Waals surface area (Å²) in [6.45, 7) is 2.68. The topological polar surface area (TPSA) is 73.3 Å². The lowest BCUT2D eigenvalue weighted by molar-refractivity contribution is -0.0489. The van der Waals surface area contributed by atoms with E-state index in [1.807, 2.05) is 6.07 Å². The number of amides is 1. The van der Waals surface area contributed by atoms with Crippen LogP contribution in [0.5, 0.6) is 11.5 Å². The SMILES string of the molecule is CCOc1c(C)cc(C(CNC(=O)c2cc(OC(F)F)c3nc(C)c(Br)cc3c2)C2CC2)nc1-c1cc(Cl)c(F)cc1F. The molecular weight excluding hydrogens is 654 g/mol. The molecular formula is C31H27BrClF4N3O3. The molecule has 1 saturated carbocycles. The van der Waals surface area contributed by atoms with E-state index in [0.29, 0.717) is 45.2 Å². The van der Waals surface area contributed by atoms with Crippen LogP contribution in [0.2, 0.25) is 5.02 Å². The zero-order valence-corrected chi connectivity index (χ0v) is 25.8. The molecule has 226 valence electrons. The average molecular weight is 681 g/mol. The van der Waals surface area contributed by atoms with Gasteiger partial charge >= 0.3 is 6.61 Å². The molecule has 2 aromatic heterocycles. The van der Waals surface area contributed by atoms with Crippen LogP contribution in [0.25, 0.3) is 22.2 Å². The maximum Gasteiger partial charge on any atom is 0.387 e. The Balaban J connectivity index is 1.48. The highest BCUT2D eigenvalue weighted by Crippen LogP contribution is 2.44. The van der Waals surface area contributed by atoms with Crippen molar-refractivity contribution in [1.29, 1.82) is 0 Å². The van der Waals surface area contributed by atoms with Crippen molar-refractivity contribution in [3.05, 3.63) is 80.0 Å². The second-order valence-corrected chi connectivity index (χ2v) is 11.6. The fourth-order valence-electron chi connectivity index (χ4n) is 5.04. The summed E-state index contributed by atoms with van der Waals surface area (Å²) in [5.74, 6) is -2.12. The molecule has 1 fully saturated rings. The average Bonchev–Trinajstić information content (AvgIpc) is 3.78. The largest absolute Gasteiger partial charge is 0.491 e. The van der Waals surface area contributed by atoms with E-state index in [9.17, 15) is 22.4 Å². The van der Waals surface area contributed by atoms with E-state index in [4.69, 9.17) is 26.1 Å². The third-order valence-corrected chi connectivity index (χ3v) is 8.37. The summed E-state index contributed by atoms with van der Waals surface area (Å²) < 4.78 is 66.5. The van der Waals surface area contributed by atoms with Crippen LogP contribution >= 0.6 is 27.5 Å². The van der Waals surface area contributed by atoms with Crippen molar-refractivity contribution in [1.82, 2.24) is 15.3 Å². The standard InChI is InChI=1S/C31H27BrClF4N3O3/c1-4-42-29-14(2)7-25(40-28(29)19-11-22(33)24(35)12-23(19)34)20(16-5-6-16)13-38-30(41)18-8-17-9-21(32)15(3)39-27(17)26(10-18)43-31(36)37/h7-12,16,20,31H,4-6,13H2,1-3H3,(H,38,41). The maximum atomic E-state index is 15.0. The van der Waals surface area contributed by atoms with Crippen molar-refractivity contribution in [2.45, 2.75) is 46.1 Å². The zero-order valence-electron chi connectivity index (χ0n) is 23.4. The lowest BCUT2D eigenvalue weighted by Crippen LogP contribution is -2.30. The quantitative estimate of drug-likeness (QED) is 0.134. The number of hydrogen-bond donors (Lipinski definition) is 1. The lowest BCUT2D eigenvalue weighted by Gasteiger charge is -2.21. The van der Waals surface area contributed by atoms with E-state index in [1.165, 1.54) is 12.1 Å². The number of aromatic nitrogens is 2. The summed E-state index contributed by atoms with van der Waals surface area (Å²) in [4.78, 5) is 22.4. The first-order valence-electron chi connectivity index (χ1n) is 13.6. The Kier molecular flexibility index (Phi) is 9.12. The molecule has 1 amide bonds. The number of carbonyl (C=O) groups is 1. The van der Waals surface area contributed by atoms with Gasteiger partial charge in [0.15, 0.2) is 5.75 Å². The van der Waals surface area contributed by atoms with Gasteiger partial charge in [0.1, 0.15) is 28.6 Å². The molecule has 0 aliphatic heterocycles. The first-order chi connectivity index (χ1) is 20.5. The number of ether oxygens (including phenoxy) is 2. The molecule has 6 nitrogen and oxygen atoms in total. The number of pyridine rings is 2. The van der Waals surface area contributed by atoms with Gasteiger partial charge in [0.2, 0.25) is 0 Å². The van der Waals surface area contributed by atoms with Crippen LogP contribution in [0.3, 0.4) is 0 Å². The second kappa shape index (κ2) is 12.7. The number of hydrogen-bond acceptors (Lipinski definition) is 5. The van der Waals surface area contributed by atoms with Crippen LogP contribution < -0.4 is 14.8 Å². The molecule has 5 rings (SSSR count). The number of nitrogens with one attached hydrogen (secondary N) is 1. The first kappa shape index (κ1) is 31.0. The molecule has 1 aliphatic rings. The molecule has 1 N–H and O–H groups in total. The van der Waals surface area contributed by atoms with Crippen LogP contribution in [-0.4, -0.2) is 35.6 Å². The Bertz CT molecular complexity index is 1720. The molecule has 1 aliphatic carbocycles. The van der Waals surface area contributed by atoms with E-state index < -0.39 is 24.2 Å². The summed E-state index contributed by atoms with van der Waals surface area (Å²) in [5.41, 5.74) is 2.38. The number of fused-ring (bicyclic) bond motifs is 1. The molecule has 1 atom stereocenters. The maximum absolute atomic E-state index is 15.0. The van der Waals surface area contributed by atoms with Crippen molar-refractivity contribution in [3.63, 3.8) is 0 Å². The Morgan fingerprint density at radius 1 is 1.09 bits per heavy atom. The molecule has 12 heteroatoms. The van der Waals surface area contributed by atoms with Crippen LogP contribution in [0.15, 0.2) is 40.9 Å². The van der Waals surface area contributed by atoms with Gasteiger partial charge < -0.3 is 14.8 Å². The number of aryl methyl sites for hydroxylation is 2. The van der Waals surface area contributed by atoms with Gasteiger partial charge in [0.25, 0.3) is 5.91 Å². The van der Waals surface area contributed by atoms with Crippen molar-refractivity contribution in [2.24, 2.45) is 5.92 Å². The fraction of sp³-hybridized carbons (Fsp3) is 0.323. The van der Waals surface area contributed by atoms with Crippen LogP contribution in [0.4, 0.5) is 17.6 Å². The predicted octanol–water partition coefficient (Wildman–Crippen LogP) is 8.53. The minimum absolute atomic E-state index is 0.00360. The van der Waals surface area contributed by atoms with Gasteiger partial charge in [-0.25, -0.2) is 18.7 Å². The van der Waals surface area contributed by atoms with E-state index in [-0.39, 0.29) is 51.5 Å². The Morgan fingerprint density at radius 2 is 1.84 bits per heavy atom. The molecule has 0 bridgehead atoms. The minimum atomic E-state index is -3.10. The molecule has 4 aromatic rings. The molecule has 2 heterocycles. The Labute approximate surface area is 258 Å².